The molecule has 0 aliphatic rings. The van der Waals surface area contributed by atoms with Crippen molar-refractivity contribution in [1.29, 1.82) is 0 Å². The van der Waals surface area contributed by atoms with Gasteiger partial charge in [-0.25, -0.2) is 0 Å². The molecule has 2 rings (SSSR count). The van der Waals surface area contributed by atoms with Crippen LogP contribution < -0.4 is 0 Å². The van der Waals surface area contributed by atoms with Gasteiger partial charge in [0.25, 0.3) is 0 Å². The lowest BCUT2D eigenvalue weighted by Crippen LogP contribution is -1.89. The summed E-state index contributed by atoms with van der Waals surface area (Å²) in [6.45, 7) is 0. The van der Waals surface area contributed by atoms with Crippen LogP contribution in [0.3, 0.4) is 0 Å². The molecule has 3 nitrogen and oxygen atoms in total. The Balaban J connectivity index is 2.51. The Morgan fingerprint density at radius 1 is 0.556 bits per heavy atom. The van der Waals surface area contributed by atoms with Crippen molar-refractivity contribution in [3.8, 4) is 11.1 Å². The summed E-state index contributed by atoms with van der Waals surface area (Å²) >= 11 is 0. The molecule has 0 N–H and O–H groups in total. The van der Waals surface area contributed by atoms with Gasteiger partial charge in [0, 0.05) is 16.7 Å². The molecule has 88 valence electrons. The maximum Gasteiger partial charge on any atom is 0.150 e. The molecule has 0 fully saturated rings. The van der Waals surface area contributed by atoms with Crippen LogP contribution in [0.2, 0.25) is 0 Å². The SMILES string of the molecule is O=Cc1ccc(-c2cc(C=O)cc(C=O)c2)cc1. The second-order valence-electron chi connectivity index (χ2n) is 3.86. The van der Waals surface area contributed by atoms with Gasteiger partial charge in [-0.15, -0.1) is 0 Å². The molecule has 0 heterocycles. The van der Waals surface area contributed by atoms with Crippen molar-refractivity contribution in [1.82, 2.24) is 0 Å². The molecule has 0 unspecified atom stereocenters. The Hall–Kier alpha value is -2.55. The third-order valence-corrected chi connectivity index (χ3v) is 2.63. The van der Waals surface area contributed by atoms with Crippen molar-refractivity contribution in [3.05, 3.63) is 59.2 Å². The number of carbonyl (C=O) groups excluding carboxylic acids is 3. The molecule has 2 aromatic carbocycles. The second-order valence-corrected chi connectivity index (χ2v) is 3.86. The number of rotatable bonds is 4. The molecular formula is C15H10O3. The van der Waals surface area contributed by atoms with Crippen molar-refractivity contribution in [3.63, 3.8) is 0 Å². The van der Waals surface area contributed by atoms with E-state index >= 15 is 0 Å². The first-order chi connectivity index (χ1) is 8.76. The standard InChI is InChI=1S/C15H10O3/c16-8-11-1-3-14(4-2-11)15-6-12(9-17)5-13(7-15)10-18/h1-10H. The van der Waals surface area contributed by atoms with Crippen LogP contribution in [0.5, 0.6) is 0 Å². The number of benzene rings is 2. The summed E-state index contributed by atoms with van der Waals surface area (Å²) in [6, 6.07) is 11.9. The maximum absolute atomic E-state index is 10.8. The third-order valence-electron chi connectivity index (χ3n) is 2.63. The lowest BCUT2D eigenvalue weighted by molar-refractivity contribution is 0.111. The van der Waals surface area contributed by atoms with E-state index in [-0.39, 0.29) is 0 Å². The first kappa shape index (κ1) is 11.9. The average Bonchev–Trinajstić information content (AvgIpc) is 2.46. The molecule has 18 heavy (non-hydrogen) atoms. The molecule has 0 saturated heterocycles. The van der Waals surface area contributed by atoms with Gasteiger partial charge >= 0.3 is 0 Å². The fourth-order valence-corrected chi connectivity index (χ4v) is 1.73. The van der Waals surface area contributed by atoms with Gasteiger partial charge in [-0.05, 0) is 29.3 Å². The molecule has 0 aliphatic carbocycles. The van der Waals surface area contributed by atoms with E-state index in [1.54, 1.807) is 36.4 Å². The van der Waals surface area contributed by atoms with Gasteiger partial charge in [-0.2, -0.15) is 0 Å². The van der Waals surface area contributed by atoms with Gasteiger partial charge in [0.05, 0.1) is 0 Å². The zero-order valence-corrected chi connectivity index (χ0v) is 9.50. The smallest absolute Gasteiger partial charge is 0.150 e. The highest BCUT2D eigenvalue weighted by Gasteiger charge is 2.03. The first-order valence-electron chi connectivity index (χ1n) is 5.38. The predicted molar refractivity (Wildman–Crippen MR) is 68.0 cm³/mol. The van der Waals surface area contributed by atoms with E-state index in [0.29, 0.717) is 29.3 Å². The van der Waals surface area contributed by atoms with Gasteiger partial charge < -0.3 is 0 Å². The highest BCUT2D eigenvalue weighted by Crippen LogP contribution is 2.21. The molecule has 3 heteroatoms. The molecule has 0 radical (unpaired) electrons. The predicted octanol–water partition coefficient (Wildman–Crippen LogP) is 2.79. The Morgan fingerprint density at radius 3 is 1.50 bits per heavy atom. The normalized spacial score (nSPS) is 9.78. The van der Waals surface area contributed by atoms with Crippen molar-refractivity contribution in [2.24, 2.45) is 0 Å². The fraction of sp³-hybridized carbons (Fsp3) is 0. The van der Waals surface area contributed by atoms with Crippen LogP contribution in [0.25, 0.3) is 11.1 Å². The van der Waals surface area contributed by atoms with Crippen LogP contribution in [-0.4, -0.2) is 18.9 Å². The summed E-state index contributed by atoms with van der Waals surface area (Å²) in [7, 11) is 0. The van der Waals surface area contributed by atoms with Crippen LogP contribution in [0, 0.1) is 0 Å². The van der Waals surface area contributed by atoms with Crippen LogP contribution in [-0.2, 0) is 0 Å². The molecule has 0 aromatic heterocycles. The van der Waals surface area contributed by atoms with Gasteiger partial charge in [0.15, 0.2) is 0 Å². The highest BCUT2D eigenvalue weighted by atomic mass is 16.1. The van der Waals surface area contributed by atoms with Gasteiger partial charge in [0.2, 0.25) is 0 Å². The van der Waals surface area contributed by atoms with Crippen molar-refractivity contribution in [2.75, 3.05) is 0 Å². The summed E-state index contributed by atoms with van der Waals surface area (Å²) < 4.78 is 0. The lowest BCUT2D eigenvalue weighted by Gasteiger charge is -2.04. The molecule has 0 atom stereocenters. The van der Waals surface area contributed by atoms with Crippen LogP contribution in [0.1, 0.15) is 31.1 Å². The topological polar surface area (TPSA) is 51.2 Å². The largest absolute Gasteiger partial charge is 0.298 e. The summed E-state index contributed by atoms with van der Waals surface area (Å²) in [5.74, 6) is 0. The second kappa shape index (κ2) is 5.19. The number of hydrogen-bond acceptors (Lipinski definition) is 3. The quantitative estimate of drug-likeness (QED) is 0.769. The fourth-order valence-electron chi connectivity index (χ4n) is 1.73. The molecule has 2 aromatic rings. The minimum absolute atomic E-state index is 0.453. The molecular weight excluding hydrogens is 228 g/mol. The Kier molecular flexibility index (Phi) is 3.44. The monoisotopic (exact) mass is 238 g/mol. The zero-order valence-electron chi connectivity index (χ0n) is 9.50. The van der Waals surface area contributed by atoms with E-state index in [2.05, 4.69) is 0 Å². The van der Waals surface area contributed by atoms with Crippen LogP contribution in [0.15, 0.2) is 42.5 Å². The van der Waals surface area contributed by atoms with E-state index in [1.807, 2.05) is 0 Å². The van der Waals surface area contributed by atoms with Crippen molar-refractivity contribution in [2.45, 2.75) is 0 Å². The highest BCUT2D eigenvalue weighted by molar-refractivity contribution is 5.86. The Morgan fingerprint density at radius 2 is 1.06 bits per heavy atom. The number of carbonyl (C=O) groups is 3. The molecule has 0 aliphatic heterocycles. The molecule has 0 bridgehead atoms. The van der Waals surface area contributed by atoms with E-state index in [0.717, 1.165) is 17.4 Å². The number of hydrogen-bond donors (Lipinski definition) is 0. The van der Waals surface area contributed by atoms with Crippen molar-refractivity contribution >= 4 is 18.9 Å². The minimum atomic E-state index is 0.453. The van der Waals surface area contributed by atoms with Crippen molar-refractivity contribution < 1.29 is 14.4 Å². The average molecular weight is 238 g/mol. The molecule has 0 saturated carbocycles. The van der Waals surface area contributed by atoms with Crippen LogP contribution >= 0.6 is 0 Å². The van der Waals surface area contributed by atoms with Gasteiger partial charge in [-0.1, -0.05) is 24.3 Å². The maximum atomic E-state index is 10.8. The van der Waals surface area contributed by atoms with Gasteiger partial charge in [-0.3, -0.25) is 14.4 Å². The lowest BCUT2D eigenvalue weighted by atomic mass is 10.00. The number of aldehydes is 3. The Labute approximate surface area is 104 Å². The molecule has 0 spiro atoms. The molecule has 0 amide bonds. The summed E-state index contributed by atoms with van der Waals surface area (Å²) in [6.07, 6.45) is 2.18. The van der Waals surface area contributed by atoms with Gasteiger partial charge in [0.1, 0.15) is 18.9 Å². The summed E-state index contributed by atoms with van der Waals surface area (Å²) in [4.78, 5) is 32.2. The van der Waals surface area contributed by atoms with E-state index in [9.17, 15) is 14.4 Å². The third kappa shape index (κ3) is 2.40. The van der Waals surface area contributed by atoms with E-state index in [4.69, 9.17) is 0 Å². The Bertz CT molecular complexity index is 571. The zero-order chi connectivity index (χ0) is 13.0. The van der Waals surface area contributed by atoms with E-state index in [1.165, 1.54) is 6.07 Å². The van der Waals surface area contributed by atoms with E-state index < -0.39 is 0 Å². The summed E-state index contributed by atoms with van der Waals surface area (Å²) in [5.41, 5.74) is 3.12. The minimum Gasteiger partial charge on any atom is -0.298 e. The first-order valence-corrected chi connectivity index (χ1v) is 5.38. The summed E-state index contributed by atoms with van der Waals surface area (Å²) in [5, 5.41) is 0. The van der Waals surface area contributed by atoms with Crippen LogP contribution in [0.4, 0.5) is 0 Å².